The minimum atomic E-state index is 0.613. The predicted molar refractivity (Wildman–Crippen MR) is 88.9 cm³/mol. The Labute approximate surface area is 123 Å². The average molecular weight is 352 g/mol. The Bertz CT molecular complexity index is 155. The predicted octanol–water partition coefficient (Wildman–Crippen LogP) is 6.33. The first-order valence-corrected chi connectivity index (χ1v) is 8.90. The third-order valence-corrected chi connectivity index (χ3v) is 4.13. The number of alkyl halides is 1. The van der Waals surface area contributed by atoms with Crippen molar-refractivity contribution in [3.8, 4) is 0 Å². The third kappa shape index (κ3) is 8.45. The molecular formula is C16H33I. The molecule has 1 heteroatoms. The fraction of sp³-hybridized carbons (Fsp3) is 1.00. The van der Waals surface area contributed by atoms with Gasteiger partial charge in [-0.1, -0.05) is 64.1 Å². The van der Waals surface area contributed by atoms with Crippen molar-refractivity contribution in [2.24, 2.45) is 23.2 Å². The Hall–Kier alpha value is 0.730. The van der Waals surface area contributed by atoms with Crippen LogP contribution in [0.5, 0.6) is 0 Å². The van der Waals surface area contributed by atoms with E-state index < -0.39 is 0 Å². The van der Waals surface area contributed by atoms with Crippen LogP contribution in [0.1, 0.15) is 73.6 Å². The van der Waals surface area contributed by atoms with Gasteiger partial charge in [-0.15, -0.1) is 0 Å². The summed E-state index contributed by atoms with van der Waals surface area (Å²) in [7, 11) is 0. The largest absolute Gasteiger partial charge is 0.0864 e. The van der Waals surface area contributed by atoms with Gasteiger partial charge in [0.05, 0.1) is 0 Å². The van der Waals surface area contributed by atoms with Crippen molar-refractivity contribution in [3.05, 3.63) is 0 Å². The fourth-order valence-electron chi connectivity index (χ4n) is 3.60. The second kappa shape index (κ2) is 8.77. The molecule has 0 nitrogen and oxygen atoms in total. The molecule has 0 aliphatic heterocycles. The zero-order valence-electron chi connectivity index (χ0n) is 12.9. The lowest BCUT2D eigenvalue weighted by Gasteiger charge is -2.39. The molecule has 0 heterocycles. The number of halogens is 1. The lowest BCUT2D eigenvalue weighted by atomic mass is 9.67. The molecule has 0 aliphatic carbocycles. The van der Waals surface area contributed by atoms with Crippen LogP contribution in [0.2, 0.25) is 0 Å². The summed E-state index contributed by atoms with van der Waals surface area (Å²) in [5.74, 6) is 2.50. The maximum atomic E-state index is 2.53. The van der Waals surface area contributed by atoms with Gasteiger partial charge in [-0.05, 0) is 59.7 Å². The minimum absolute atomic E-state index is 0.613. The van der Waals surface area contributed by atoms with Crippen LogP contribution in [-0.4, -0.2) is 4.43 Å². The molecule has 0 unspecified atom stereocenters. The molecule has 0 bridgehead atoms. The SMILES string of the molecule is CC(C)CC(CCCI)(CC(C)C)CC(C)C. The van der Waals surface area contributed by atoms with E-state index in [1.807, 2.05) is 0 Å². The summed E-state index contributed by atoms with van der Waals surface area (Å²) >= 11 is 2.53. The highest BCUT2D eigenvalue weighted by Crippen LogP contribution is 2.43. The van der Waals surface area contributed by atoms with Crippen LogP contribution in [0.3, 0.4) is 0 Å². The molecule has 17 heavy (non-hydrogen) atoms. The second-order valence-corrected chi connectivity index (χ2v) is 8.17. The first-order chi connectivity index (χ1) is 7.81. The molecule has 0 rings (SSSR count). The van der Waals surface area contributed by atoms with Gasteiger partial charge in [-0.2, -0.15) is 0 Å². The summed E-state index contributed by atoms with van der Waals surface area (Å²) in [5, 5.41) is 0. The van der Waals surface area contributed by atoms with Gasteiger partial charge in [0, 0.05) is 0 Å². The summed E-state index contributed by atoms with van der Waals surface area (Å²) in [5.41, 5.74) is 0.613. The quantitative estimate of drug-likeness (QED) is 0.336. The fourth-order valence-corrected chi connectivity index (χ4v) is 3.98. The molecule has 0 N–H and O–H groups in total. The summed E-state index contributed by atoms with van der Waals surface area (Å²) in [4.78, 5) is 0. The van der Waals surface area contributed by atoms with Crippen molar-refractivity contribution in [2.75, 3.05) is 4.43 Å². The van der Waals surface area contributed by atoms with E-state index in [1.54, 1.807) is 0 Å². The second-order valence-electron chi connectivity index (χ2n) is 7.09. The van der Waals surface area contributed by atoms with Crippen molar-refractivity contribution in [1.82, 2.24) is 0 Å². The molecule has 0 saturated heterocycles. The molecule has 0 saturated carbocycles. The van der Waals surface area contributed by atoms with Crippen molar-refractivity contribution < 1.29 is 0 Å². The average Bonchev–Trinajstić information content (AvgIpc) is 2.11. The zero-order chi connectivity index (χ0) is 13.5. The van der Waals surface area contributed by atoms with Crippen LogP contribution in [0, 0.1) is 23.2 Å². The van der Waals surface area contributed by atoms with E-state index in [0.717, 1.165) is 17.8 Å². The Balaban J connectivity index is 4.76. The molecule has 0 aromatic carbocycles. The van der Waals surface area contributed by atoms with Gasteiger partial charge in [-0.3, -0.25) is 0 Å². The highest BCUT2D eigenvalue weighted by Gasteiger charge is 2.31. The van der Waals surface area contributed by atoms with Crippen LogP contribution in [-0.2, 0) is 0 Å². The molecule has 0 aromatic rings. The Kier molecular flexibility index (Phi) is 9.14. The van der Waals surface area contributed by atoms with Gasteiger partial charge in [0.15, 0.2) is 0 Å². The van der Waals surface area contributed by atoms with E-state index in [9.17, 15) is 0 Å². The smallest absolute Gasteiger partial charge is 0.000452 e. The zero-order valence-corrected chi connectivity index (χ0v) is 15.0. The van der Waals surface area contributed by atoms with Crippen LogP contribution in [0.15, 0.2) is 0 Å². The highest BCUT2D eigenvalue weighted by molar-refractivity contribution is 14.1. The summed E-state index contributed by atoms with van der Waals surface area (Å²) in [6.07, 6.45) is 7.08. The molecule has 0 fully saturated rings. The molecule has 0 radical (unpaired) electrons. The number of rotatable bonds is 9. The van der Waals surface area contributed by atoms with E-state index in [0.29, 0.717) is 5.41 Å². The van der Waals surface area contributed by atoms with Crippen molar-refractivity contribution in [3.63, 3.8) is 0 Å². The molecule has 0 aromatic heterocycles. The van der Waals surface area contributed by atoms with Crippen LogP contribution in [0.4, 0.5) is 0 Å². The minimum Gasteiger partial charge on any atom is -0.0864 e. The van der Waals surface area contributed by atoms with Gasteiger partial charge in [-0.25, -0.2) is 0 Å². The van der Waals surface area contributed by atoms with Crippen molar-refractivity contribution in [1.29, 1.82) is 0 Å². The Morgan fingerprint density at radius 1 is 0.765 bits per heavy atom. The van der Waals surface area contributed by atoms with E-state index in [1.165, 1.54) is 36.5 Å². The maximum absolute atomic E-state index is 2.53. The monoisotopic (exact) mass is 352 g/mol. The Morgan fingerprint density at radius 3 is 1.35 bits per heavy atom. The lowest BCUT2D eigenvalue weighted by molar-refractivity contribution is 0.129. The van der Waals surface area contributed by atoms with Gasteiger partial charge < -0.3 is 0 Å². The van der Waals surface area contributed by atoms with Crippen LogP contribution >= 0.6 is 22.6 Å². The standard InChI is InChI=1S/C16H33I/c1-13(2)10-16(8-7-9-17,11-14(3)4)12-15(5)6/h13-15H,7-12H2,1-6H3. The van der Waals surface area contributed by atoms with Crippen molar-refractivity contribution in [2.45, 2.75) is 73.6 Å². The molecule has 0 atom stereocenters. The van der Waals surface area contributed by atoms with E-state index >= 15 is 0 Å². The Morgan fingerprint density at radius 2 is 1.12 bits per heavy atom. The topological polar surface area (TPSA) is 0 Å². The molecule has 104 valence electrons. The highest BCUT2D eigenvalue weighted by atomic mass is 127. The molecular weight excluding hydrogens is 319 g/mol. The number of hydrogen-bond acceptors (Lipinski definition) is 0. The van der Waals surface area contributed by atoms with Gasteiger partial charge >= 0.3 is 0 Å². The normalized spacial score (nSPS) is 13.1. The van der Waals surface area contributed by atoms with Gasteiger partial charge in [0.25, 0.3) is 0 Å². The lowest BCUT2D eigenvalue weighted by Crippen LogP contribution is -2.27. The van der Waals surface area contributed by atoms with Crippen molar-refractivity contribution >= 4 is 22.6 Å². The first-order valence-electron chi connectivity index (χ1n) is 7.37. The van der Waals surface area contributed by atoms with E-state index in [-0.39, 0.29) is 0 Å². The summed E-state index contributed by atoms with van der Waals surface area (Å²) in [6.45, 7) is 14.3. The third-order valence-electron chi connectivity index (χ3n) is 3.36. The van der Waals surface area contributed by atoms with Crippen LogP contribution in [0.25, 0.3) is 0 Å². The van der Waals surface area contributed by atoms with Crippen LogP contribution < -0.4 is 0 Å². The molecule has 0 aliphatic rings. The summed E-state index contributed by atoms with van der Waals surface area (Å²) < 4.78 is 1.31. The van der Waals surface area contributed by atoms with Gasteiger partial charge in [0.2, 0.25) is 0 Å². The van der Waals surface area contributed by atoms with E-state index in [2.05, 4.69) is 64.1 Å². The van der Waals surface area contributed by atoms with Gasteiger partial charge in [0.1, 0.15) is 0 Å². The molecule has 0 spiro atoms. The molecule has 0 amide bonds. The van der Waals surface area contributed by atoms with E-state index in [4.69, 9.17) is 0 Å². The first kappa shape index (κ1) is 17.7. The number of hydrogen-bond donors (Lipinski definition) is 0. The summed E-state index contributed by atoms with van der Waals surface area (Å²) in [6, 6.07) is 0. The maximum Gasteiger partial charge on any atom is -0.000452 e.